The minimum atomic E-state index is -0.419. The molecule has 7 heteroatoms. The van der Waals surface area contributed by atoms with Crippen molar-refractivity contribution in [3.8, 4) is 0 Å². The third kappa shape index (κ3) is 4.84. The molecule has 3 rings (SSSR count). The van der Waals surface area contributed by atoms with E-state index in [1.807, 2.05) is 19.9 Å². The SMILES string of the molecule is Cc1cc(C)c(NC(=O)c2cccc(C(=O)NCC3CCCO3)n2)c(Cl)c1. The summed E-state index contributed by atoms with van der Waals surface area (Å²) in [5.74, 6) is -0.748. The number of rotatable bonds is 5. The van der Waals surface area contributed by atoms with Gasteiger partial charge < -0.3 is 15.4 Å². The van der Waals surface area contributed by atoms with E-state index in [1.54, 1.807) is 24.3 Å². The third-order valence-electron chi connectivity index (χ3n) is 4.40. The van der Waals surface area contributed by atoms with Gasteiger partial charge in [-0.3, -0.25) is 9.59 Å². The Balaban J connectivity index is 1.69. The van der Waals surface area contributed by atoms with Gasteiger partial charge in [-0.15, -0.1) is 0 Å². The molecular weight excluding hydrogens is 366 g/mol. The Bertz CT molecular complexity index is 840. The van der Waals surface area contributed by atoms with Gasteiger partial charge in [-0.05, 0) is 56.0 Å². The molecule has 2 heterocycles. The van der Waals surface area contributed by atoms with Gasteiger partial charge in [0.25, 0.3) is 11.8 Å². The minimum Gasteiger partial charge on any atom is -0.376 e. The first-order valence-corrected chi connectivity index (χ1v) is 9.27. The highest BCUT2D eigenvalue weighted by atomic mass is 35.5. The van der Waals surface area contributed by atoms with E-state index in [9.17, 15) is 9.59 Å². The second-order valence-corrected chi connectivity index (χ2v) is 7.05. The fourth-order valence-corrected chi connectivity index (χ4v) is 3.41. The zero-order chi connectivity index (χ0) is 19.4. The molecule has 1 unspecified atom stereocenters. The van der Waals surface area contributed by atoms with Crippen LogP contribution in [0.4, 0.5) is 5.69 Å². The lowest BCUT2D eigenvalue weighted by Crippen LogP contribution is -2.32. The molecule has 0 saturated carbocycles. The number of nitrogens with one attached hydrogen (secondary N) is 2. The molecule has 1 fully saturated rings. The van der Waals surface area contributed by atoms with Crippen LogP contribution in [0.25, 0.3) is 0 Å². The highest BCUT2D eigenvalue weighted by Gasteiger charge is 2.18. The lowest BCUT2D eigenvalue weighted by Gasteiger charge is -2.12. The van der Waals surface area contributed by atoms with Crippen LogP contribution in [0.15, 0.2) is 30.3 Å². The van der Waals surface area contributed by atoms with Gasteiger partial charge in [0, 0.05) is 13.2 Å². The highest BCUT2D eigenvalue weighted by molar-refractivity contribution is 6.34. The molecule has 2 N–H and O–H groups in total. The van der Waals surface area contributed by atoms with Crippen LogP contribution in [-0.4, -0.2) is 36.1 Å². The quantitative estimate of drug-likeness (QED) is 0.822. The van der Waals surface area contributed by atoms with Crippen molar-refractivity contribution in [2.45, 2.75) is 32.8 Å². The summed E-state index contributed by atoms with van der Waals surface area (Å²) in [6.07, 6.45) is 1.99. The number of aryl methyl sites for hydroxylation is 2. The van der Waals surface area contributed by atoms with E-state index in [2.05, 4.69) is 15.6 Å². The number of anilines is 1. The number of ether oxygens (including phenoxy) is 1. The standard InChI is InChI=1S/C20H22ClN3O3/c1-12-9-13(2)18(15(21)10-12)24-20(26)17-7-3-6-16(23-17)19(25)22-11-14-5-4-8-27-14/h3,6-7,9-10,14H,4-5,8,11H2,1-2H3,(H,22,25)(H,24,26). The van der Waals surface area contributed by atoms with Crippen molar-refractivity contribution in [1.29, 1.82) is 0 Å². The van der Waals surface area contributed by atoms with Crippen LogP contribution in [-0.2, 0) is 4.74 Å². The molecule has 1 aliphatic rings. The predicted octanol–water partition coefficient (Wildman–Crippen LogP) is 3.51. The van der Waals surface area contributed by atoms with Crippen molar-refractivity contribution in [2.75, 3.05) is 18.5 Å². The Kier molecular flexibility index (Phi) is 6.08. The lowest BCUT2D eigenvalue weighted by atomic mass is 10.1. The number of benzene rings is 1. The zero-order valence-electron chi connectivity index (χ0n) is 15.3. The fraction of sp³-hybridized carbons (Fsp3) is 0.350. The molecule has 2 amide bonds. The van der Waals surface area contributed by atoms with Crippen LogP contribution in [0.5, 0.6) is 0 Å². The summed E-state index contributed by atoms with van der Waals surface area (Å²) in [4.78, 5) is 29.0. The molecular formula is C20H22ClN3O3. The number of amides is 2. The van der Waals surface area contributed by atoms with Gasteiger partial charge in [-0.25, -0.2) is 4.98 Å². The molecule has 0 radical (unpaired) electrons. The molecule has 1 atom stereocenters. The summed E-state index contributed by atoms with van der Waals surface area (Å²) in [5, 5.41) is 6.05. The van der Waals surface area contributed by atoms with Crippen molar-refractivity contribution in [2.24, 2.45) is 0 Å². The van der Waals surface area contributed by atoms with Crippen molar-refractivity contribution in [1.82, 2.24) is 10.3 Å². The maximum atomic E-state index is 12.6. The molecule has 1 saturated heterocycles. The largest absolute Gasteiger partial charge is 0.376 e. The molecule has 1 aromatic heterocycles. The van der Waals surface area contributed by atoms with E-state index in [1.165, 1.54) is 0 Å². The van der Waals surface area contributed by atoms with Gasteiger partial charge in [0.1, 0.15) is 11.4 Å². The topological polar surface area (TPSA) is 80.3 Å². The first kappa shape index (κ1) is 19.3. The van der Waals surface area contributed by atoms with Crippen molar-refractivity contribution in [3.63, 3.8) is 0 Å². The number of halogens is 1. The molecule has 0 spiro atoms. The minimum absolute atomic E-state index is 0.0482. The zero-order valence-corrected chi connectivity index (χ0v) is 16.1. The monoisotopic (exact) mass is 387 g/mol. The predicted molar refractivity (Wildman–Crippen MR) is 104 cm³/mol. The summed E-state index contributed by atoms with van der Waals surface area (Å²) in [6.45, 7) is 4.98. The number of carbonyl (C=O) groups excluding carboxylic acids is 2. The second kappa shape index (κ2) is 8.50. The number of nitrogens with zero attached hydrogens (tertiary/aromatic N) is 1. The van der Waals surface area contributed by atoms with E-state index < -0.39 is 5.91 Å². The van der Waals surface area contributed by atoms with Crippen LogP contribution >= 0.6 is 11.6 Å². The molecule has 6 nitrogen and oxygen atoms in total. The van der Waals surface area contributed by atoms with E-state index in [4.69, 9.17) is 16.3 Å². The Hall–Kier alpha value is -2.44. The molecule has 2 aromatic rings. The van der Waals surface area contributed by atoms with Gasteiger partial charge in [0.15, 0.2) is 0 Å². The fourth-order valence-electron chi connectivity index (χ4n) is 3.04. The van der Waals surface area contributed by atoms with Crippen LogP contribution < -0.4 is 10.6 Å². The maximum absolute atomic E-state index is 12.6. The van der Waals surface area contributed by atoms with E-state index in [0.29, 0.717) is 17.3 Å². The van der Waals surface area contributed by atoms with Crippen molar-refractivity contribution < 1.29 is 14.3 Å². The van der Waals surface area contributed by atoms with Crippen LogP contribution in [0, 0.1) is 13.8 Å². The molecule has 0 bridgehead atoms. The van der Waals surface area contributed by atoms with Crippen molar-refractivity contribution in [3.05, 3.63) is 57.9 Å². The maximum Gasteiger partial charge on any atom is 0.274 e. The van der Waals surface area contributed by atoms with Crippen molar-refractivity contribution >= 4 is 29.1 Å². The van der Waals surface area contributed by atoms with Gasteiger partial charge in [-0.1, -0.05) is 23.7 Å². The number of aromatic nitrogens is 1. The van der Waals surface area contributed by atoms with E-state index in [0.717, 1.165) is 30.6 Å². The average molecular weight is 388 g/mol. The number of hydrogen-bond donors (Lipinski definition) is 2. The Morgan fingerprint density at radius 3 is 2.63 bits per heavy atom. The molecule has 1 aromatic carbocycles. The first-order chi connectivity index (χ1) is 12.9. The Morgan fingerprint density at radius 2 is 1.96 bits per heavy atom. The third-order valence-corrected chi connectivity index (χ3v) is 4.70. The molecule has 27 heavy (non-hydrogen) atoms. The van der Waals surface area contributed by atoms with E-state index >= 15 is 0 Å². The normalized spacial score (nSPS) is 16.2. The Morgan fingerprint density at radius 1 is 1.22 bits per heavy atom. The molecule has 0 aliphatic carbocycles. The summed E-state index contributed by atoms with van der Waals surface area (Å²) < 4.78 is 5.49. The molecule has 142 valence electrons. The van der Waals surface area contributed by atoms with Crippen LogP contribution in [0.2, 0.25) is 5.02 Å². The number of hydrogen-bond acceptors (Lipinski definition) is 4. The molecule has 1 aliphatic heterocycles. The van der Waals surface area contributed by atoms with Gasteiger partial charge >= 0.3 is 0 Å². The van der Waals surface area contributed by atoms with E-state index in [-0.39, 0.29) is 23.4 Å². The van der Waals surface area contributed by atoms with Gasteiger partial charge in [0.05, 0.1) is 16.8 Å². The number of carbonyl (C=O) groups is 2. The smallest absolute Gasteiger partial charge is 0.274 e. The average Bonchev–Trinajstić information content (AvgIpc) is 3.16. The van der Waals surface area contributed by atoms with Crippen LogP contribution in [0.1, 0.15) is 44.9 Å². The second-order valence-electron chi connectivity index (χ2n) is 6.65. The number of pyridine rings is 1. The summed E-state index contributed by atoms with van der Waals surface area (Å²) in [5.41, 5.74) is 2.75. The Labute approximate surface area is 163 Å². The van der Waals surface area contributed by atoms with Gasteiger partial charge in [0.2, 0.25) is 0 Å². The lowest BCUT2D eigenvalue weighted by molar-refractivity contribution is 0.0853. The van der Waals surface area contributed by atoms with Gasteiger partial charge in [-0.2, -0.15) is 0 Å². The van der Waals surface area contributed by atoms with Crippen LogP contribution in [0.3, 0.4) is 0 Å². The summed E-state index contributed by atoms with van der Waals surface area (Å²) in [6, 6.07) is 8.48. The summed E-state index contributed by atoms with van der Waals surface area (Å²) in [7, 11) is 0. The first-order valence-electron chi connectivity index (χ1n) is 8.89. The highest BCUT2D eigenvalue weighted by Crippen LogP contribution is 2.27. The summed E-state index contributed by atoms with van der Waals surface area (Å²) >= 11 is 6.24.